The summed E-state index contributed by atoms with van der Waals surface area (Å²) in [4.78, 5) is 3.47. The molecule has 0 aliphatic heterocycles. The number of ether oxygens (including phenoxy) is 1. The lowest BCUT2D eigenvalue weighted by atomic mass is 10.1. The minimum Gasteiger partial charge on any atom is -0.480 e. The van der Waals surface area contributed by atoms with E-state index in [-0.39, 0.29) is 11.6 Å². The van der Waals surface area contributed by atoms with Crippen molar-refractivity contribution in [1.82, 2.24) is 14.6 Å². The number of halogens is 2. The maximum Gasteiger partial charge on any atom is 0.264 e. The molecule has 0 spiro atoms. The van der Waals surface area contributed by atoms with Gasteiger partial charge in [0.1, 0.15) is 22.2 Å². The average Bonchev–Trinajstić information content (AvgIpc) is 3.07. The number of rotatable bonds is 5. The van der Waals surface area contributed by atoms with Crippen LogP contribution < -0.4 is 9.46 Å². The van der Waals surface area contributed by atoms with Gasteiger partial charge < -0.3 is 4.74 Å². The molecule has 1 aromatic carbocycles. The van der Waals surface area contributed by atoms with Gasteiger partial charge in [-0.15, -0.1) is 0 Å². The highest BCUT2D eigenvalue weighted by Gasteiger charge is 2.22. The molecule has 0 fully saturated rings. The molecule has 0 aliphatic rings. The van der Waals surface area contributed by atoms with Crippen LogP contribution in [-0.2, 0) is 10.0 Å². The van der Waals surface area contributed by atoms with Gasteiger partial charge in [-0.25, -0.2) is 26.7 Å². The Labute approximate surface area is 171 Å². The molecule has 0 amide bonds. The monoisotopic (exact) mass is 430 g/mol. The number of anilines is 1. The lowest BCUT2D eigenvalue weighted by Crippen LogP contribution is -2.15. The van der Waals surface area contributed by atoms with Crippen LogP contribution in [0, 0.1) is 18.6 Å². The number of sulfonamides is 1. The van der Waals surface area contributed by atoms with Gasteiger partial charge in [0, 0.05) is 24.0 Å². The second kappa shape index (κ2) is 7.38. The number of pyridine rings is 2. The number of aryl methyl sites for hydroxylation is 1. The Bertz CT molecular complexity index is 1370. The fourth-order valence-corrected chi connectivity index (χ4v) is 4.13. The summed E-state index contributed by atoms with van der Waals surface area (Å²) in [7, 11) is -3.02. The predicted octanol–water partition coefficient (Wildman–Crippen LogP) is 3.79. The van der Waals surface area contributed by atoms with E-state index in [0.29, 0.717) is 11.6 Å². The fraction of sp³-hybridized carbons (Fsp3) is 0.100. The van der Waals surface area contributed by atoms with Gasteiger partial charge in [-0.05, 0) is 48.4 Å². The molecule has 30 heavy (non-hydrogen) atoms. The van der Waals surface area contributed by atoms with Gasteiger partial charge in [0.2, 0.25) is 5.88 Å². The standard InChI is InChI=1S/C20H16F2N4O3S/c1-12-10-24-26-6-5-13(8-18(12)26)14-7-17(20(29-2)23-11-14)25-30(27,28)19-4-3-15(21)9-16(19)22/h3-11,25H,1-2H3. The Morgan fingerprint density at radius 2 is 1.87 bits per heavy atom. The topological polar surface area (TPSA) is 85.6 Å². The third-order valence-electron chi connectivity index (χ3n) is 4.52. The summed E-state index contributed by atoms with van der Waals surface area (Å²) in [5.41, 5.74) is 3.26. The number of methoxy groups -OCH3 is 1. The van der Waals surface area contributed by atoms with Crippen molar-refractivity contribution >= 4 is 21.2 Å². The molecule has 0 radical (unpaired) electrons. The average molecular weight is 430 g/mol. The highest BCUT2D eigenvalue weighted by molar-refractivity contribution is 7.92. The normalized spacial score (nSPS) is 11.6. The highest BCUT2D eigenvalue weighted by atomic mass is 32.2. The maximum absolute atomic E-state index is 14.0. The van der Waals surface area contributed by atoms with Crippen molar-refractivity contribution in [2.75, 3.05) is 11.8 Å². The molecule has 0 bridgehead atoms. The Kier molecular flexibility index (Phi) is 4.86. The summed E-state index contributed by atoms with van der Waals surface area (Å²) in [5, 5.41) is 4.22. The van der Waals surface area contributed by atoms with Crippen molar-refractivity contribution in [2.24, 2.45) is 0 Å². The molecular formula is C20H16F2N4O3S. The molecule has 7 nitrogen and oxygen atoms in total. The number of aromatic nitrogens is 3. The van der Waals surface area contributed by atoms with Crippen molar-refractivity contribution < 1.29 is 21.9 Å². The van der Waals surface area contributed by atoms with Gasteiger partial charge >= 0.3 is 0 Å². The number of nitrogens with zero attached hydrogens (tertiary/aromatic N) is 3. The molecule has 4 aromatic rings. The first-order chi connectivity index (χ1) is 14.3. The zero-order valence-corrected chi connectivity index (χ0v) is 16.7. The summed E-state index contributed by atoms with van der Waals surface area (Å²) in [6.07, 6.45) is 5.05. The van der Waals surface area contributed by atoms with Gasteiger partial charge in [-0.2, -0.15) is 5.10 Å². The Hall–Kier alpha value is -3.53. The van der Waals surface area contributed by atoms with Gasteiger partial charge in [-0.3, -0.25) is 4.72 Å². The summed E-state index contributed by atoms with van der Waals surface area (Å²) >= 11 is 0. The summed E-state index contributed by atoms with van der Waals surface area (Å²) in [6, 6.07) is 7.45. The first kappa shape index (κ1) is 19.8. The molecule has 0 atom stereocenters. The van der Waals surface area contributed by atoms with Crippen LogP contribution in [0.3, 0.4) is 0 Å². The smallest absolute Gasteiger partial charge is 0.264 e. The Balaban J connectivity index is 1.76. The zero-order chi connectivity index (χ0) is 21.5. The summed E-state index contributed by atoms with van der Waals surface area (Å²) in [5.74, 6) is -2.07. The molecule has 3 heterocycles. The molecule has 0 saturated carbocycles. The molecule has 3 aromatic heterocycles. The lowest BCUT2D eigenvalue weighted by Gasteiger charge is -2.13. The minimum absolute atomic E-state index is 0.00598. The first-order valence-electron chi connectivity index (χ1n) is 8.75. The van der Waals surface area contributed by atoms with Crippen LogP contribution in [0.4, 0.5) is 14.5 Å². The van der Waals surface area contributed by atoms with Gasteiger partial charge in [0.15, 0.2) is 0 Å². The van der Waals surface area contributed by atoms with Crippen LogP contribution in [0.2, 0.25) is 0 Å². The number of nitrogens with one attached hydrogen (secondary N) is 1. The van der Waals surface area contributed by atoms with Crippen molar-refractivity contribution in [1.29, 1.82) is 0 Å². The minimum atomic E-state index is -4.35. The maximum atomic E-state index is 14.0. The van der Waals surface area contributed by atoms with Crippen LogP contribution in [0.5, 0.6) is 5.88 Å². The molecule has 0 saturated heterocycles. The third-order valence-corrected chi connectivity index (χ3v) is 5.92. The summed E-state index contributed by atoms with van der Waals surface area (Å²) < 4.78 is 61.6. The van der Waals surface area contributed by atoms with Gasteiger partial charge in [0.25, 0.3) is 10.0 Å². The number of fused-ring (bicyclic) bond motifs is 1. The first-order valence-corrected chi connectivity index (χ1v) is 10.2. The van der Waals surface area contributed by atoms with E-state index in [0.717, 1.165) is 28.8 Å². The lowest BCUT2D eigenvalue weighted by molar-refractivity contribution is 0.400. The Morgan fingerprint density at radius 3 is 2.60 bits per heavy atom. The largest absolute Gasteiger partial charge is 0.480 e. The SMILES string of the molecule is COc1ncc(-c2ccn3ncc(C)c3c2)cc1NS(=O)(=O)c1ccc(F)cc1F. The molecule has 0 unspecified atom stereocenters. The molecule has 0 aliphatic carbocycles. The fourth-order valence-electron chi connectivity index (χ4n) is 3.02. The molecule has 4 rings (SSSR count). The van der Waals surface area contributed by atoms with Crippen LogP contribution in [-0.4, -0.2) is 30.1 Å². The van der Waals surface area contributed by atoms with E-state index in [2.05, 4.69) is 14.8 Å². The van der Waals surface area contributed by atoms with Crippen molar-refractivity contribution in [3.8, 4) is 17.0 Å². The van der Waals surface area contributed by atoms with E-state index in [9.17, 15) is 17.2 Å². The van der Waals surface area contributed by atoms with Gasteiger partial charge in [0.05, 0.1) is 18.8 Å². The second-order valence-corrected chi connectivity index (χ2v) is 8.18. The third kappa shape index (κ3) is 3.57. The molecular weight excluding hydrogens is 414 g/mol. The van der Waals surface area contributed by atoms with Crippen LogP contribution in [0.25, 0.3) is 16.6 Å². The molecule has 154 valence electrons. The zero-order valence-electron chi connectivity index (χ0n) is 15.9. The van der Waals surface area contributed by atoms with Gasteiger partial charge in [-0.1, -0.05) is 0 Å². The van der Waals surface area contributed by atoms with E-state index in [1.54, 1.807) is 23.0 Å². The van der Waals surface area contributed by atoms with E-state index in [4.69, 9.17) is 4.74 Å². The van der Waals surface area contributed by atoms with Crippen molar-refractivity contribution in [2.45, 2.75) is 11.8 Å². The van der Waals surface area contributed by atoms with E-state index in [1.807, 2.05) is 13.0 Å². The van der Waals surface area contributed by atoms with Crippen LogP contribution in [0.1, 0.15) is 5.56 Å². The predicted molar refractivity (Wildman–Crippen MR) is 107 cm³/mol. The Morgan fingerprint density at radius 1 is 1.07 bits per heavy atom. The van der Waals surface area contributed by atoms with E-state index < -0.39 is 26.6 Å². The van der Waals surface area contributed by atoms with Crippen molar-refractivity contribution in [3.05, 3.63) is 72.2 Å². The summed E-state index contributed by atoms with van der Waals surface area (Å²) in [6.45, 7) is 1.93. The van der Waals surface area contributed by atoms with Crippen molar-refractivity contribution in [3.63, 3.8) is 0 Å². The highest BCUT2D eigenvalue weighted by Crippen LogP contribution is 2.31. The number of benzene rings is 1. The number of hydrogen-bond donors (Lipinski definition) is 1. The van der Waals surface area contributed by atoms with Crippen LogP contribution in [0.15, 0.2) is 59.9 Å². The van der Waals surface area contributed by atoms with E-state index in [1.165, 1.54) is 19.4 Å². The van der Waals surface area contributed by atoms with E-state index >= 15 is 0 Å². The number of hydrogen-bond acceptors (Lipinski definition) is 5. The quantitative estimate of drug-likeness (QED) is 0.521. The molecule has 10 heteroatoms. The second-order valence-electron chi connectivity index (χ2n) is 6.53. The van der Waals surface area contributed by atoms with Crippen LogP contribution >= 0.6 is 0 Å². The molecule has 1 N–H and O–H groups in total.